The lowest BCUT2D eigenvalue weighted by Crippen LogP contribution is -2.52. The molecule has 6 heteroatoms. The summed E-state index contributed by atoms with van der Waals surface area (Å²) >= 11 is 3.13. The number of carbonyl (C=O) groups is 2. The number of carboxylic acids is 1. The van der Waals surface area contributed by atoms with Gasteiger partial charge in [0, 0.05) is 23.5 Å². The summed E-state index contributed by atoms with van der Waals surface area (Å²) in [5.41, 5.74) is -1.76. The molecule has 0 bridgehead atoms. The first-order valence-electron chi connectivity index (χ1n) is 6.22. The van der Waals surface area contributed by atoms with Gasteiger partial charge in [-0.2, -0.15) is 0 Å². The Bertz CT molecular complexity index is 535. The van der Waals surface area contributed by atoms with E-state index in [1.54, 1.807) is 6.07 Å². The molecule has 0 aromatic heterocycles. The Morgan fingerprint density at radius 1 is 1.45 bits per heavy atom. The summed E-state index contributed by atoms with van der Waals surface area (Å²) in [6.45, 7) is 4.70. The molecule has 20 heavy (non-hydrogen) atoms. The number of carbonyl (C=O) groups excluding carboxylic acids is 1. The van der Waals surface area contributed by atoms with Crippen molar-refractivity contribution in [2.24, 2.45) is 0 Å². The van der Waals surface area contributed by atoms with Gasteiger partial charge in [-0.1, -0.05) is 28.9 Å². The molecule has 0 radical (unpaired) electrons. The van der Waals surface area contributed by atoms with Gasteiger partial charge in [-0.3, -0.25) is 4.79 Å². The molecular formula is C14H17BrFNO3. The van der Waals surface area contributed by atoms with Gasteiger partial charge in [0.15, 0.2) is 5.54 Å². The third kappa shape index (κ3) is 3.00. The lowest BCUT2D eigenvalue weighted by atomic mass is 9.89. The van der Waals surface area contributed by atoms with Gasteiger partial charge in [-0.25, -0.2) is 9.18 Å². The minimum atomic E-state index is -1.73. The van der Waals surface area contributed by atoms with Gasteiger partial charge >= 0.3 is 5.97 Å². The van der Waals surface area contributed by atoms with Crippen LogP contribution in [0.3, 0.4) is 0 Å². The normalized spacial score (nSPS) is 13.7. The number of halogens is 2. The van der Waals surface area contributed by atoms with Crippen molar-refractivity contribution in [2.45, 2.75) is 32.7 Å². The van der Waals surface area contributed by atoms with Crippen LogP contribution in [-0.2, 0) is 15.1 Å². The second kappa shape index (κ2) is 6.35. The highest BCUT2D eigenvalue weighted by Crippen LogP contribution is 2.32. The molecule has 0 aliphatic carbocycles. The lowest BCUT2D eigenvalue weighted by molar-refractivity contribution is -0.158. The predicted molar refractivity (Wildman–Crippen MR) is 76.8 cm³/mol. The predicted octanol–water partition coefficient (Wildman–Crippen LogP) is 3.15. The van der Waals surface area contributed by atoms with Crippen LogP contribution in [0.5, 0.6) is 0 Å². The van der Waals surface area contributed by atoms with E-state index in [-0.39, 0.29) is 12.1 Å². The zero-order chi connectivity index (χ0) is 15.5. The standard InChI is InChI=1S/C14H17BrFNO3/c1-4-7-17(9(2)18)14(3,13(19)20)11-6-5-10(15)8-12(11)16/h5-6,8H,4,7H2,1-3H3,(H,19,20). The number of hydrogen-bond donors (Lipinski definition) is 1. The molecule has 0 fully saturated rings. The van der Waals surface area contributed by atoms with E-state index in [9.17, 15) is 19.1 Å². The Morgan fingerprint density at radius 2 is 2.05 bits per heavy atom. The highest BCUT2D eigenvalue weighted by Gasteiger charge is 2.44. The second-order valence-electron chi connectivity index (χ2n) is 4.67. The molecule has 1 unspecified atom stereocenters. The van der Waals surface area contributed by atoms with E-state index >= 15 is 0 Å². The van der Waals surface area contributed by atoms with Crippen LogP contribution in [-0.4, -0.2) is 28.4 Å². The van der Waals surface area contributed by atoms with Crippen molar-refractivity contribution in [3.8, 4) is 0 Å². The number of rotatable bonds is 5. The molecule has 4 nitrogen and oxygen atoms in total. The van der Waals surface area contributed by atoms with E-state index in [2.05, 4.69) is 15.9 Å². The third-order valence-corrected chi connectivity index (χ3v) is 3.73. The Morgan fingerprint density at radius 3 is 2.45 bits per heavy atom. The van der Waals surface area contributed by atoms with Crippen molar-refractivity contribution in [1.29, 1.82) is 0 Å². The molecule has 0 saturated heterocycles. The summed E-state index contributed by atoms with van der Waals surface area (Å²) in [4.78, 5) is 24.7. The maximum Gasteiger partial charge on any atom is 0.334 e. The minimum absolute atomic E-state index is 0.0307. The summed E-state index contributed by atoms with van der Waals surface area (Å²) in [5.74, 6) is -2.33. The molecule has 1 aromatic carbocycles. The van der Waals surface area contributed by atoms with Crippen LogP contribution in [0.1, 0.15) is 32.8 Å². The molecule has 0 aliphatic heterocycles. The van der Waals surface area contributed by atoms with Crippen LogP contribution < -0.4 is 0 Å². The third-order valence-electron chi connectivity index (χ3n) is 3.24. The highest BCUT2D eigenvalue weighted by molar-refractivity contribution is 9.10. The monoisotopic (exact) mass is 345 g/mol. The summed E-state index contributed by atoms with van der Waals surface area (Å²) < 4.78 is 14.6. The maximum atomic E-state index is 14.1. The first-order chi connectivity index (χ1) is 9.25. The molecule has 1 aromatic rings. The Balaban J connectivity index is 3.47. The molecule has 110 valence electrons. The second-order valence-corrected chi connectivity index (χ2v) is 5.59. The number of nitrogens with zero attached hydrogens (tertiary/aromatic N) is 1. The van der Waals surface area contributed by atoms with E-state index in [1.807, 2.05) is 6.92 Å². The van der Waals surface area contributed by atoms with Crippen LogP contribution in [0.2, 0.25) is 0 Å². The van der Waals surface area contributed by atoms with Crippen molar-refractivity contribution in [3.63, 3.8) is 0 Å². The Hall–Kier alpha value is -1.43. The summed E-state index contributed by atoms with van der Waals surface area (Å²) in [6.07, 6.45) is 0.584. The quantitative estimate of drug-likeness (QED) is 0.891. The topological polar surface area (TPSA) is 57.6 Å². The average Bonchev–Trinajstić information content (AvgIpc) is 2.34. The number of hydrogen-bond acceptors (Lipinski definition) is 2. The van der Waals surface area contributed by atoms with Crippen molar-refractivity contribution in [2.75, 3.05) is 6.54 Å². The highest BCUT2D eigenvalue weighted by atomic mass is 79.9. The maximum absolute atomic E-state index is 14.1. The van der Waals surface area contributed by atoms with Crippen LogP contribution in [0, 0.1) is 5.82 Å². The molecule has 1 atom stereocenters. The van der Waals surface area contributed by atoms with Crippen LogP contribution in [0.4, 0.5) is 4.39 Å². The SMILES string of the molecule is CCCN(C(C)=O)C(C)(C(=O)O)c1ccc(Br)cc1F. The van der Waals surface area contributed by atoms with Crippen LogP contribution >= 0.6 is 15.9 Å². The average molecular weight is 346 g/mol. The van der Waals surface area contributed by atoms with Gasteiger partial charge in [0.25, 0.3) is 0 Å². The number of amides is 1. The first-order valence-corrected chi connectivity index (χ1v) is 7.01. The minimum Gasteiger partial charge on any atom is -0.479 e. The van der Waals surface area contributed by atoms with Gasteiger partial charge in [0.2, 0.25) is 5.91 Å². The van der Waals surface area contributed by atoms with Gasteiger partial charge < -0.3 is 10.0 Å². The molecule has 0 saturated carbocycles. The fraction of sp³-hybridized carbons (Fsp3) is 0.429. The van der Waals surface area contributed by atoms with Gasteiger partial charge in [0.05, 0.1) is 0 Å². The molecule has 0 spiro atoms. The number of carboxylic acid groups (broad SMARTS) is 1. The van der Waals surface area contributed by atoms with E-state index in [1.165, 1.54) is 30.9 Å². The van der Waals surface area contributed by atoms with E-state index in [0.717, 1.165) is 0 Å². The number of aliphatic carboxylic acids is 1. The van der Waals surface area contributed by atoms with Gasteiger partial charge in [-0.05, 0) is 25.5 Å². The Kier molecular flexibility index (Phi) is 5.28. The lowest BCUT2D eigenvalue weighted by Gasteiger charge is -2.37. The van der Waals surface area contributed by atoms with E-state index in [0.29, 0.717) is 10.9 Å². The molecule has 0 heterocycles. The van der Waals surface area contributed by atoms with E-state index in [4.69, 9.17) is 0 Å². The van der Waals surface area contributed by atoms with Crippen LogP contribution in [0.15, 0.2) is 22.7 Å². The zero-order valence-electron chi connectivity index (χ0n) is 11.6. The zero-order valence-corrected chi connectivity index (χ0v) is 13.2. The molecule has 1 rings (SSSR count). The summed E-state index contributed by atoms with van der Waals surface area (Å²) in [5, 5.41) is 9.55. The van der Waals surface area contributed by atoms with Crippen molar-refractivity contribution >= 4 is 27.8 Å². The fourth-order valence-corrected chi connectivity index (χ4v) is 2.51. The largest absolute Gasteiger partial charge is 0.479 e. The molecule has 1 N–H and O–H groups in total. The van der Waals surface area contributed by atoms with Crippen molar-refractivity contribution in [1.82, 2.24) is 4.90 Å². The number of benzene rings is 1. The van der Waals surface area contributed by atoms with Gasteiger partial charge in [0.1, 0.15) is 5.82 Å². The van der Waals surface area contributed by atoms with Crippen molar-refractivity contribution in [3.05, 3.63) is 34.1 Å². The molecule has 1 amide bonds. The summed E-state index contributed by atoms with van der Waals surface area (Å²) in [6, 6.07) is 4.14. The fourth-order valence-electron chi connectivity index (χ4n) is 2.18. The van der Waals surface area contributed by atoms with Gasteiger partial charge in [-0.15, -0.1) is 0 Å². The molecular weight excluding hydrogens is 329 g/mol. The Labute approximate surface area is 125 Å². The molecule has 0 aliphatic rings. The summed E-state index contributed by atoms with van der Waals surface area (Å²) in [7, 11) is 0. The smallest absolute Gasteiger partial charge is 0.334 e. The van der Waals surface area contributed by atoms with Crippen molar-refractivity contribution < 1.29 is 19.1 Å². The first kappa shape index (κ1) is 16.6. The van der Waals surface area contributed by atoms with E-state index < -0.39 is 23.2 Å². The van der Waals surface area contributed by atoms with Crippen LogP contribution in [0.25, 0.3) is 0 Å².